The summed E-state index contributed by atoms with van der Waals surface area (Å²) in [5.74, 6) is 0.260. The molecule has 0 bridgehead atoms. The molecule has 1 heterocycles. The van der Waals surface area contributed by atoms with Gasteiger partial charge in [-0.1, -0.05) is 11.2 Å². The van der Waals surface area contributed by atoms with E-state index in [1.54, 1.807) is 25.2 Å². The summed E-state index contributed by atoms with van der Waals surface area (Å²) in [6.45, 7) is 0.194. The smallest absolute Gasteiger partial charge is 0.254 e. The van der Waals surface area contributed by atoms with Crippen molar-refractivity contribution < 1.29 is 14.7 Å². The Balaban J connectivity index is 2.54. The first-order valence-corrected chi connectivity index (χ1v) is 4.47. The molecule has 5 heteroatoms. The Morgan fingerprint density at radius 1 is 1.60 bits per heavy atom. The molecule has 0 aromatic heterocycles. The van der Waals surface area contributed by atoms with Crippen molar-refractivity contribution in [1.29, 1.82) is 0 Å². The van der Waals surface area contributed by atoms with Crippen molar-refractivity contribution >= 4 is 11.6 Å². The largest absolute Gasteiger partial charge is 0.486 e. The maximum Gasteiger partial charge on any atom is 0.254 e. The molecule has 1 aromatic carbocycles. The van der Waals surface area contributed by atoms with Crippen LogP contribution < -0.4 is 10.1 Å². The molecule has 2 N–H and O–H groups in total. The summed E-state index contributed by atoms with van der Waals surface area (Å²) < 4.78 is 5.30. The zero-order chi connectivity index (χ0) is 10.8. The van der Waals surface area contributed by atoms with Crippen LogP contribution in [0.15, 0.2) is 23.4 Å². The van der Waals surface area contributed by atoms with Gasteiger partial charge in [0.15, 0.2) is 0 Å². The lowest BCUT2D eigenvalue weighted by molar-refractivity contribution is 0.0960. The molecule has 0 fully saturated rings. The molecule has 1 aromatic rings. The fourth-order valence-corrected chi connectivity index (χ4v) is 1.53. The minimum Gasteiger partial charge on any atom is -0.486 e. The van der Waals surface area contributed by atoms with Crippen LogP contribution in [-0.2, 0) is 0 Å². The summed E-state index contributed by atoms with van der Waals surface area (Å²) in [6, 6.07) is 5.14. The van der Waals surface area contributed by atoms with Crippen molar-refractivity contribution in [3.63, 3.8) is 0 Å². The van der Waals surface area contributed by atoms with Gasteiger partial charge in [0.2, 0.25) is 0 Å². The average Bonchev–Trinajstić information content (AvgIpc) is 2.70. The Kier molecular flexibility index (Phi) is 2.29. The summed E-state index contributed by atoms with van der Waals surface area (Å²) in [6.07, 6.45) is 0. The Morgan fingerprint density at radius 2 is 2.40 bits per heavy atom. The standard InChI is InChI=1S/C10H10N2O3/c1-11-10(13)7-4-2-3-6-8(12-14)5-15-9(6)7/h2-4,14H,5H2,1H3,(H,11,13)/b12-8+. The zero-order valence-corrected chi connectivity index (χ0v) is 8.15. The molecule has 0 unspecified atom stereocenters. The third kappa shape index (κ3) is 1.41. The van der Waals surface area contributed by atoms with Crippen molar-refractivity contribution in [2.45, 2.75) is 0 Å². The van der Waals surface area contributed by atoms with Gasteiger partial charge in [-0.25, -0.2) is 0 Å². The topological polar surface area (TPSA) is 70.9 Å². The number of fused-ring (bicyclic) bond motifs is 1. The average molecular weight is 206 g/mol. The molecule has 2 rings (SSSR count). The minimum atomic E-state index is -0.217. The van der Waals surface area contributed by atoms with Crippen molar-refractivity contribution in [2.75, 3.05) is 13.7 Å². The fraction of sp³-hybridized carbons (Fsp3) is 0.200. The highest BCUT2D eigenvalue weighted by molar-refractivity contribution is 6.09. The molecular formula is C10H10N2O3. The third-order valence-corrected chi connectivity index (χ3v) is 2.27. The van der Waals surface area contributed by atoms with Gasteiger partial charge in [0.1, 0.15) is 18.1 Å². The first kappa shape index (κ1) is 9.51. The summed E-state index contributed by atoms with van der Waals surface area (Å²) in [5.41, 5.74) is 1.56. The molecule has 0 atom stereocenters. The van der Waals surface area contributed by atoms with Gasteiger partial charge < -0.3 is 15.3 Å². The van der Waals surface area contributed by atoms with Crippen molar-refractivity contribution in [2.24, 2.45) is 5.16 Å². The van der Waals surface area contributed by atoms with Crippen LogP contribution in [0.5, 0.6) is 5.75 Å². The Morgan fingerprint density at radius 3 is 3.07 bits per heavy atom. The quantitative estimate of drug-likeness (QED) is 0.522. The molecular weight excluding hydrogens is 196 g/mol. The van der Waals surface area contributed by atoms with E-state index in [-0.39, 0.29) is 12.5 Å². The molecule has 0 saturated carbocycles. The van der Waals surface area contributed by atoms with Gasteiger partial charge in [0.05, 0.1) is 5.56 Å². The summed E-state index contributed by atoms with van der Waals surface area (Å²) in [4.78, 5) is 11.5. The molecule has 15 heavy (non-hydrogen) atoms. The molecule has 1 amide bonds. The second kappa shape index (κ2) is 3.61. The van der Waals surface area contributed by atoms with E-state index in [0.717, 1.165) is 0 Å². The van der Waals surface area contributed by atoms with Crippen molar-refractivity contribution in [3.05, 3.63) is 29.3 Å². The molecule has 0 saturated heterocycles. The summed E-state index contributed by atoms with van der Waals surface area (Å²) >= 11 is 0. The lowest BCUT2D eigenvalue weighted by Crippen LogP contribution is -2.18. The fourth-order valence-electron chi connectivity index (χ4n) is 1.53. The van der Waals surface area contributed by atoms with Crippen LogP contribution >= 0.6 is 0 Å². The number of oxime groups is 1. The SMILES string of the molecule is CNC(=O)c1cccc2c1OC/C2=N\O. The molecule has 0 spiro atoms. The Bertz CT molecular complexity index is 440. The number of hydrogen-bond acceptors (Lipinski definition) is 4. The van der Waals surface area contributed by atoms with Gasteiger partial charge in [-0.3, -0.25) is 4.79 Å². The Labute approximate surface area is 86.4 Å². The van der Waals surface area contributed by atoms with Gasteiger partial charge in [-0.05, 0) is 12.1 Å². The van der Waals surface area contributed by atoms with Crippen LogP contribution in [0.2, 0.25) is 0 Å². The van der Waals surface area contributed by atoms with Crippen LogP contribution in [0.4, 0.5) is 0 Å². The van der Waals surface area contributed by atoms with E-state index in [1.165, 1.54) is 0 Å². The van der Waals surface area contributed by atoms with Gasteiger partial charge >= 0.3 is 0 Å². The number of carbonyl (C=O) groups excluding carboxylic acids is 1. The van der Waals surface area contributed by atoms with E-state index in [9.17, 15) is 4.79 Å². The number of benzene rings is 1. The lowest BCUT2D eigenvalue weighted by atomic mass is 10.1. The number of carbonyl (C=O) groups is 1. The number of nitrogens with zero attached hydrogens (tertiary/aromatic N) is 1. The van der Waals surface area contributed by atoms with E-state index in [2.05, 4.69) is 10.5 Å². The van der Waals surface area contributed by atoms with Gasteiger partial charge in [0, 0.05) is 12.6 Å². The molecule has 78 valence electrons. The Hall–Kier alpha value is -2.04. The highest BCUT2D eigenvalue weighted by Crippen LogP contribution is 2.29. The van der Waals surface area contributed by atoms with Crippen LogP contribution in [0.25, 0.3) is 0 Å². The minimum absolute atomic E-state index is 0.194. The summed E-state index contributed by atoms with van der Waals surface area (Å²) in [7, 11) is 1.55. The highest BCUT2D eigenvalue weighted by Gasteiger charge is 2.24. The highest BCUT2D eigenvalue weighted by atomic mass is 16.5. The normalized spacial score (nSPS) is 15.9. The number of nitrogens with one attached hydrogen (secondary N) is 1. The predicted molar refractivity (Wildman–Crippen MR) is 53.7 cm³/mol. The van der Waals surface area contributed by atoms with Crippen LogP contribution in [0.3, 0.4) is 0 Å². The third-order valence-electron chi connectivity index (χ3n) is 2.27. The maximum atomic E-state index is 11.5. The monoisotopic (exact) mass is 206 g/mol. The van der Waals surface area contributed by atoms with Crippen LogP contribution in [0, 0.1) is 0 Å². The number of hydrogen-bond donors (Lipinski definition) is 2. The summed E-state index contributed by atoms with van der Waals surface area (Å²) in [5, 5.41) is 14.3. The maximum absolute atomic E-state index is 11.5. The van der Waals surface area contributed by atoms with Crippen LogP contribution in [0.1, 0.15) is 15.9 Å². The van der Waals surface area contributed by atoms with Crippen molar-refractivity contribution in [3.8, 4) is 5.75 Å². The molecule has 0 aliphatic carbocycles. The number of rotatable bonds is 1. The predicted octanol–water partition coefficient (Wildman–Crippen LogP) is 0.617. The van der Waals surface area contributed by atoms with Gasteiger partial charge in [-0.2, -0.15) is 0 Å². The number of amides is 1. The van der Waals surface area contributed by atoms with E-state index in [0.29, 0.717) is 22.6 Å². The van der Waals surface area contributed by atoms with Gasteiger partial charge in [-0.15, -0.1) is 0 Å². The molecule has 5 nitrogen and oxygen atoms in total. The van der Waals surface area contributed by atoms with E-state index in [4.69, 9.17) is 9.94 Å². The van der Waals surface area contributed by atoms with Crippen LogP contribution in [-0.4, -0.2) is 30.5 Å². The van der Waals surface area contributed by atoms with Gasteiger partial charge in [0.25, 0.3) is 5.91 Å². The number of para-hydroxylation sites is 1. The zero-order valence-electron chi connectivity index (χ0n) is 8.15. The molecule has 1 aliphatic heterocycles. The first-order valence-electron chi connectivity index (χ1n) is 4.47. The lowest BCUT2D eigenvalue weighted by Gasteiger charge is -2.04. The van der Waals surface area contributed by atoms with E-state index in [1.807, 2.05) is 0 Å². The van der Waals surface area contributed by atoms with E-state index < -0.39 is 0 Å². The van der Waals surface area contributed by atoms with Crippen molar-refractivity contribution in [1.82, 2.24) is 5.32 Å². The van der Waals surface area contributed by atoms with E-state index >= 15 is 0 Å². The first-order chi connectivity index (χ1) is 7.27. The second-order valence-electron chi connectivity index (χ2n) is 3.10. The molecule has 0 radical (unpaired) electrons. The number of ether oxygens (including phenoxy) is 1. The molecule has 1 aliphatic rings. The second-order valence-corrected chi connectivity index (χ2v) is 3.10.